The normalized spacial score (nSPS) is 14.2. The lowest BCUT2D eigenvalue weighted by Crippen LogP contribution is -2.59. The second-order valence-corrected chi connectivity index (χ2v) is 13.9. The quantitative estimate of drug-likeness (QED) is 0.0741. The summed E-state index contributed by atoms with van der Waals surface area (Å²) in [5.41, 5.74) is 0.580. The van der Waals surface area contributed by atoms with Crippen molar-refractivity contribution in [2.24, 2.45) is 5.92 Å². The Kier molecular flexibility index (Phi) is 22.3. The third-order valence-electron chi connectivity index (χ3n) is 8.85. The minimum absolute atomic E-state index is 0.132. The Bertz CT molecular complexity index is 1170. The molecule has 13 heteroatoms. The van der Waals surface area contributed by atoms with Crippen molar-refractivity contribution in [3.63, 3.8) is 0 Å². The Labute approximate surface area is 299 Å². The van der Waals surface area contributed by atoms with E-state index in [0.29, 0.717) is 12.1 Å². The van der Waals surface area contributed by atoms with Crippen LogP contribution < -0.4 is 26.6 Å². The SMILES string of the molecule is CCCCCCCCCCCCCCCC(=O)N[C@@H](Cc1c[nH]cn1)C(=O)N[C@@H](C)C(=O)N[C@H](C(=O)N[C@@H](C)C(=O)N[C@@H](C)C(C)=O)C(C)C. The summed E-state index contributed by atoms with van der Waals surface area (Å²) in [6, 6.07) is -4.64. The van der Waals surface area contributed by atoms with Crippen molar-refractivity contribution in [3.05, 3.63) is 18.2 Å². The van der Waals surface area contributed by atoms with E-state index in [-0.39, 0.29) is 24.0 Å². The van der Waals surface area contributed by atoms with Crippen LogP contribution in [0.5, 0.6) is 0 Å². The van der Waals surface area contributed by atoms with Crippen LogP contribution in [-0.4, -0.2) is 75.5 Å². The van der Waals surface area contributed by atoms with Gasteiger partial charge in [-0.05, 0) is 40.0 Å². The topological polar surface area (TPSA) is 191 Å². The number of nitrogens with zero attached hydrogens (tertiary/aromatic N) is 1. The van der Waals surface area contributed by atoms with Gasteiger partial charge in [0.25, 0.3) is 0 Å². The van der Waals surface area contributed by atoms with Crippen molar-refractivity contribution < 1.29 is 28.8 Å². The maximum atomic E-state index is 13.3. The van der Waals surface area contributed by atoms with E-state index in [2.05, 4.69) is 43.5 Å². The summed E-state index contributed by atoms with van der Waals surface area (Å²) in [6.45, 7) is 11.6. The number of imidazole rings is 1. The van der Waals surface area contributed by atoms with Crippen molar-refractivity contribution in [2.75, 3.05) is 0 Å². The molecule has 0 radical (unpaired) electrons. The van der Waals surface area contributed by atoms with E-state index in [4.69, 9.17) is 0 Å². The number of rotatable bonds is 27. The second-order valence-electron chi connectivity index (χ2n) is 13.9. The molecular formula is C37H65N7O6. The molecule has 5 atom stereocenters. The fourth-order valence-corrected chi connectivity index (χ4v) is 5.39. The number of aromatic amines is 1. The molecule has 50 heavy (non-hydrogen) atoms. The minimum Gasteiger partial charge on any atom is -0.351 e. The maximum absolute atomic E-state index is 13.3. The highest BCUT2D eigenvalue weighted by Crippen LogP contribution is 2.13. The molecule has 0 saturated heterocycles. The highest BCUT2D eigenvalue weighted by atomic mass is 16.2. The van der Waals surface area contributed by atoms with E-state index in [1.165, 1.54) is 84.9 Å². The summed E-state index contributed by atoms with van der Waals surface area (Å²) in [4.78, 5) is 83.2. The van der Waals surface area contributed by atoms with Gasteiger partial charge in [0.1, 0.15) is 24.2 Å². The first-order chi connectivity index (χ1) is 23.8. The van der Waals surface area contributed by atoms with Crippen LogP contribution >= 0.6 is 0 Å². The largest absolute Gasteiger partial charge is 0.351 e. The van der Waals surface area contributed by atoms with Gasteiger partial charge in [0.15, 0.2) is 5.78 Å². The van der Waals surface area contributed by atoms with Crippen LogP contribution in [0.25, 0.3) is 0 Å². The molecular weight excluding hydrogens is 638 g/mol. The zero-order chi connectivity index (χ0) is 37.5. The number of aromatic nitrogens is 2. The molecule has 1 rings (SSSR count). The zero-order valence-corrected chi connectivity index (χ0v) is 31.6. The fraction of sp³-hybridized carbons (Fsp3) is 0.757. The first-order valence-electron chi connectivity index (χ1n) is 18.8. The summed E-state index contributed by atoms with van der Waals surface area (Å²) in [6.07, 6.45) is 19.2. The van der Waals surface area contributed by atoms with Gasteiger partial charge in [0.05, 0.1) is 18.1 Å². The number of nitrogens with one attached hydrogen (secondary N) is 6. The Morgan fingerprint density at radius 2 is 1.10 bits per heavy atom. The lowest BCUT2D eigenvalue weighted by atomic mass is 10.0. The van der Waals surface area contributed by atoms with Gasteiger partial charge in [-0.2, -0.15) is 0 Å². The highest BCUT2D eigenvalue weighted by Gasteiger charge is 2.31. The molecule has 13 nitrogen and oxygen atoms in total. The molecule has 0 unspecified atom stereocenters. The second kappa shape index (κ2) is 25.2. The Morgan fingerprint density at radius 1 is 0.620 bits per heavy atom. The smallest absolute Gasteiger partial charge is 0.243 e. The third kappa shape index (κ3) is 18.8. The molecule has 0 fully saturated rings. The third-order valence-corrected chi connectivity index (χ3v) is 8.85. The number of hydrogen-bond acceptors (Lipinski definition) is 7. The van der Waals surface area contributed by atoms with Crippen LogP contribution in [0.15, 0.2) is 12.5 Å². The molecule has 1 aromatic rings. The van der Waals surface area contributed by atoms with E-state index in [0.717, 1.165) is 25.7 Å². The molecule has 0 aliphatic heterocycles. The van der Waals surface area contributed by atoms with E-state index < -0.39 is 53.8 Å². The van der Waals surface area contributed by atoms with Gasteiger partial charge >= 0.3 is 0 Å². The summed E-state index contributed by atoms with van der Waals surface area (Å²) in [7, 11) is 0. The monoisotopic (exact) mass is 703 g/mol. The minimum atomic E-state index is -1.03. The molecule has 5 amide bonds. The molecule has 0 bridgehead atoms. The van der Waals surface area contributed by atoms with Gasteiger partial charge in [-0.1, -0.05) is 97.8 Å². The Morgan fingerprint density at radius 3 is 1.58 bits per heavy atom. The van der Waals surface area contributed by atoms with Crippen LogP contribution in [0, 0.1) is 5.92 Å². The van der Waals surface area contributed by atoms with E-state index in [9.17, 15) is 28.8 Å². The lowest BCUT2D eigenvalue weighted by Gasteiger charge is -2.26. The molecule has 0 aliphatic carbocycles. The van der Waals surface area contributed by atoms with Gasteiger partial charge in [-0.3, -0.25) is 28.8 Å². The molecule has 1 aromatic heterocycles. The van der Waals surface area contributed by atoms with E-state index in [1.807, 2.05) is 0 Å². The summed E-state index contributed by atoms with van der Waals surface area (Å²) in [5, 5.41) is 13.2. The maximum Gasteiger partial charge on any atom is 0.243 e. The summed E-state index contributed by atoms with van der Waals surface area (Å²) in [5.74, 6) is -3.08. The number of amides is 5. The Hall–Kier alpha value is -3.77. The predicted octanol–water partition coefficient (Wildman–Crippen LogP) is 4.16. The van der Waals surface area contributed by atoms with Gasteiger partial charge < -0.3 is 31.6 Å². The number of hydrogen-bond donors (Lipinski definition) is 6. The first kappa shape index (κ1) is 44.3. The van der Waals surface area contributed by atoms with Crippen molar-refractivity contribution in [1.29, 1.82) is 0 Å². The standard InChI is InChI=1S/C37H65N7O6/c1-8-9-10-11-12-13-14-15-16-17-18-19-20-21-32(46)43-31(22-30-23-38-24-39-30)36(49)41-28(6)35(48)44-33(25(2)3)37(50)42-27(5)34(47)40-26(4)29(7)45/h23-28,31,33H,8-22H2,1-7H3,(H,38,39)(H,40,47)(H,41,49)(H,42,50)(H,43,46)(H,44,48)/t26-,27-,28-,31-,33-/m0/s1. The van der Waals surface area contributed by atoms with Crippen LogP contribution in [0.4, 0.5) is 0 Å². The summed E-state index contributed by atoms with van der Waals surface area (Å²) < 4.78 is 0. The number of H-pyrrole nitrogens is 1. The van der Waals surface area contributed by atoms with Gasteiger partial charge in [0, 0.05) is 19.0 Å². The van der Waals surface area contributed by atoms with Crippen LogP contribution in [0.2, 0.25) is 0 Å². The fourth-order valence-electron chi connectivity index (χ4n) is 5.39. The molecule has 6 N–H and O–H groups in total. The van der Waals surface area contributed by atoms with Crippen LogP contribution in [-0.2, 0) is 35.2 Å². The lowest BCUT2D eigenvalue weighted by molar-refractivity contribution is -0.135. The van der Waals surface area contributed by atoms with Crippen molar-refractivity contribution >= 4 is 35.3 Å². The van der Waals surface area contributed by atoms with Gasteiger partial charge in [-0.25, -0.2) is 4.98 Å². The van der Waals surface area contributed by atoms with E-state index in [1.54, 1.807) is 27.0 Å². The van der Waals surface area contributed by atoms with Crippen molar-refractivity contribution in [2.45, 2.75) is 175 Å². The molecule has 0 spiro atoms. The molecule has 0 aliphatic rings. The summed E-state index contributed by atoms with van der Waals surface area (Å²) >= 11 is 0. The van der Waals surface area contributed by atoms with Crippen LogP contribution in [0.3, 0.4) is 0 Å². The average molecular weight is 704 g/mol. The number of Topliss-reactive ketones (excluding diaryl/α,β-unsaturated/α-hetero) is 1. The average Bonchev–Trinajstić information content (AvgIpc) is 3.58. The van der Waals surface area contributed by atoms with Gasteiger partial charge in [-0.15, -0.1) is 0 Å². The zero-order valence-electron chi connectivity index (χ0n) is 31.6. The molecule has 284 valence electrons. The van der Waals surface area contributed by atoms with Gasteiger partial charge in [0.2, 0.25) is 29.5 Å². The number of carbonyl (C=O) groups excluding carboxylic acids is 6. The van der Waals surface area contributed by atoms with Crippen LogP contribution in [0.1, 0.15) is 144 Å². The number of ketones is 1. The molecule has 0 saturated carbocycles. The van der Waals surface area contributed by atoms with Crippen molar-refractivity contribution in [1.82, 2.24) is 36.6 Å². The highest BCUT2D eigenvalue weighted by molar-refractivity contribution is 5.96. The Balaban J connectivity index is 2.59. The first-order valence-corrected chi connectivity index (χ1v) is 18.8. The number of unbranched alkanes of at least 4 members (excludes halogenated alkanes) is 12. The number of carbonyl (C=O) groups is 6. The molecule has 1 heterocycles. The van der Waals surface area contributed by atoms with E-state index >= 15 is 0 Å². The predicted molar refractivity (Wildman–Crippen MR) is 195 cm³/mol. The van der Waals surface area contributed by atoms with Crippen molar-refractivity contribution in [3.8, 4) is 0 Å². The molecule has 0 aromatic carbocycles.